The Morgan fingerprint density at radius 2 is 2.06 bits per heavy atom. The quantitative estimate of drug-likeness (QED) is 0.751. The second-order valence-electron chi connectivity index (χ2n) is 3.89. The first kappa shape index (κ1) is 11.9. The molecule has 0 fully saturated rings. The molecule has 0 atom stereocenters. The van der Waals surface area contributed by atoms with Crippen LogP contribution in [0.15, 0.2) is 41.2 Å². The van der Waals surface area contributed by atoms with Gasteiger partial charge in [-0.05, 0) is 31.2 Å². The first-order chi connectivity index (χ1) is 8.56. The van der Waals surface area contributed by atoms with Crippen LogP contribution in [0.25, 0.3) is 0 Å². The third kappa shape index (κ3) is 2.57. The Bertz CT molecular complexity index is 647. The van der Waals surface area contributed by atoms with Gasteiger partial charge in [0.2, 0.25) is 0 Å². The lowest BCUT2D eigenvalue weighted by atomic mass is 10.2. The van der Waals surface area contributed by atoms with Crippen molar-refractivity contribution in [1.29, 1.82) is 0 Å². The van der Waals surface area contributed by atoms with Gasteiger partial charge in [0.15, 0.2) is 0 Å². The minimum atomic E-state index is -0.512. The van der Waals surface area contributed by atoms with Crippen molar-refractivity contribution in [3.63, 3.8) is 0 Å². The molecule has 5 nitrogen and oxygen atoms in total. The lowest BCUT2D eigenvalue weighted by Crippen LogP contribution is -2.23. The number of rotatable bonds is 2. The topological polar surface area (TPSA) is 82.2 Å². The molecular formula is C13H12N2O3. The molecule has 5 heteroatoms. The van der Waals surface area contributed by atoms with Gasteiger partial charge in [0.1, 0.15) is 11.3 Å². The van der Waals surface area contributed by atoms with E-state index >= 15 is 0 Å². The number of hydrogen-bond acceptors (Lipinski definition) is 3. The van der Waals surface area contributed by atoms with Gasteiger partial charge >= 0.3 is 0 Å². The molecule has 18 heavy (non-hydrogen) atoms. The molecule has 3 N–H and O–H groups in total. The Balaban J connectivity index is 2.25. The van der Waals surface area contributed by atoms with Crippen LogP contribution < -0.4 is 10.9 Å². The summed E-state index contributed by atoms with van der Waals surface area (Å²) < 4.78 is 0. The summed E-state index contributed by atoms with van der Waals surface area (Å²) in [5.41, 5.74) is 0.713. The maximum atomic E-state index is 11.8. The van der Waals surface area contributed by atoms with E-state index < -0.39 is 11.5 Å². The molecule has 0 unspecified atom stereocenters. The van der Waals surface area contributed by atoms with Crippen molar-refractivity contribution in [2.75, 3.05) is 5.32 Å². The molecule has 0 aliphatic carbocycles. The maximum Gasteiger partial charge on any atom is 0.261 e. The molecule has 92 valence electrons. The molecular weight excluding hydrogens is 232 g/mol. The van der Waals surface area contributed by atoms with Gasteiger partial charge < -0.3 is 15.4 Å². The predicted octanol–water partition coefficient (Wildman–Crippen LogP) is 1.64. The van der Waals surface area contributed by atoms with Crippen molar-refractivity contribution in [3.8, 4) is 5.75 Å². The van der Waals surface area contributed by atoms with Crippen LogP contribution in [0.4, 0.5) is 5.69 Å². The number of aryl methyl sites for hydroxylation is 1. The lowest BCUT2D eigenvalue weighted by molar-refractivity contribution is 0.102. The second kappa shape index (κ2) is 4.75. The number of anilines is 1. The molecule has 0 aliphatic rings. The maximum absolute atomic E-state index is 11.8. The molecule has 0 saturated heterocycles. The highest BCUT2D eigenvalue weighted by atomic mass is 16.3. The third-order valence-corrected chi connectivity index (χ3v) is 2.40. The van der Waals surface area contributed by atoms with Crippen molar-refractivity contribution in [1.82, 2.24) is 4.98 Å². The van der Waals surface area contributed by atoms with Crippen molar-refractivity contribution in [2.45, 2.75) is 6.92 Å². The van der Waals surface area contributed by atoms with E-state index in [0.717, 1.165) is 0 Å². The van der Waals surface area contributed by atoms with Crippen molar-refractivity contribution < 1.29 is 9.90 Å². The van der Waals surface area contributed by atoms with Crippen LogP contribution in [0.3, 0.4) is 0 Å². The van der Waals surface area contributed by atoms with E-state index in [4.69, 9.17) is 0 Å². The van der Waals surface area contributed by atoms with Crippen LogP contribution in [0.5, 0.6) is 5.75 Å². The fourth-order valence-electron chi connectivity index (χ4n) is 1.53. The molecule has 2 aromatic rings. The monoisotopic (exact) mass is 244 g/mol. The highest BCUT2D eigenvalue weighted by Crippen LogP contribution is 2.15. The van der Waals surface area contributed by atoms with E-state index in [-0.39, 0.29) is 11.3 Å². The average Bonchev–Trinajstić information content (AvgIpc) is 2.28. The smallest absolute Gasteiger partial charge is 0.261 e. The number of hydrogen-bond donors (Lipinski definition) is 3. The molecule has 0 saturated carbocycles. The molecule has 1 heterocycles. The van der Waals surface area contributed by atoms with E-state index in [1.54, 1.807) is 25.1 Å². The van der Waals surface area contributed by atoms with E-state index in [9.17, 15) is 14.7 Å². The zero-order valence-corrected chi connectivity index (χ0v) is 9.73. The molecule has 0 spiro atoms. The molecule has 1 aromatic carbocycles. The van der Waals surface area contributed by atoms with E-state index in [1.165, 1.54) is 18.2 Å². The molecule has 0 radical (unpaired) electrons. The van der Waals surface area contributed by atoms with Crippen LogP contribution in [-0.4, -0.2) is 16.0 Å². The zero-order chi connectivity index (χ0) is 13.1. The Kier molecular flexibility index (Phi) is 3.14. The van der Waals surface area contributed by atoms with Gasteiger partial charge in [0, 0.05) is 17.4 Å². The minimum Gasteiger partial charge on any atom is -0.508 e. The number of aromatic amines is 1. The van der Waals surface area contributed by atoms with Gasteiger partial charge in [0.05, 0.1) is 0 Å². The second-order valence-corrected chi connectivity index (χ2v) is 3.89. The summed E-state index contributed by atoms with van der Waals surface area (Å²) in [6.45, 7) is 1.73. The summed E-state index contributed by atoms with van der Waals surface area (Å²) in [6, 6.07) is 9.24. The zero-order valence-electron chi connectivity index (χ0n) is 9.73. The largest absolute Gasteiger partial charge is 0.508 e. The highest BCUT2D eigenvalue weighted by Gasteiger charge is 2.10. The van der Waals surface area contributed by atoms with Crippen molar-refractivity contribution >= 4 is 11.6 Å². The van der Waals surface area contributed by atoms with Crippen molar-refractivity contribution in [3.05, 3.63) is 58.0 Å². The molecule has 1 amide bonds. The Morgan fingerprint density at radius 1 is 1.28 bits per heavy atom. The third-order valence-electron chi connectivity index (χ3n) is 2.40. The Labute approximate surface area is 103 Å². The SMILES string of the molecule is Cc1ccc(C(=O)Nc2cccc(O)c2)c(=O)[nH]1. The van der Waals surface area contributed by atoms with Gasteiger partial charge in [-0.3, -0.25) is 9.59 Å². The summed E-state index contributed by atoms with van der Waals surface area (Å²) in [5, 5.41) is 11.8. The van der Waals surface area contributed by atoms with Gasteiger partial charge in [-0.15, -0.1) is 0 Å². The fraction of sp³-hybridized carbons (Fsp3) is 0.0769. The number of pyridine rings is 1. The van der Waals surface area contributed by atoms with Crippen LogP contribution >= 0.6 is 0 Å². The number of phenols is 1. The van der Waals surface area contributed by atoms with Gasteiger partial charge in [-0.1, -0.05) is 6.07 Å². The number of H-pyrrole nitrogens is 1. The van der Waals surface area contributed by atoms with Crippen LogP contribution in [0, 0.1) is 6.92 Å². The van der Waals surface area contributed by atoms with Crippen LogP contribution in [0.1, 0.15) is 16.1 Å². The van der Waals surface area contributed by atoms with E-state index in [2.05, 4.69) is 10.3 Å². The molecule has 2 rings (SSSR count). The summed E-state index contributed by atoms with van der Waals surface area (Å²) >= 11 is 0. The molecule has 0 aliphatic heterocycles. The summed E-state index contributed by atoms with van der Waals surface area (Å²) in [6.07, 6.45) is 0. The van der Waals surface area contributed by atoms with Gasteiger partial charge in [-0.25, -0.2) is 0 Å². The number of carbonyl (C=O) groups is 1. The average molecular weight is 244 g/mol. The predicted molar refractivity (Wildman–Crippen MR) is 67.9 cm³/mol. The minimum absolute atomic E-state index is 0.0314. The number of benzene rings is 1. The molecule has 1 aromatic heterocycles. The first-order valence-electron chi connectivity index (χ1n) is 5.36. The van der Waals surface area contributed by atoms with E-state index in [0.29, 0.717) is 11.4 Å². The summed E-state index contributed by atoms with van der Waals surface area (Å²) in [5.74, 6) is -0.465. The van der Waals surface area contributed by atoms with E-state index in [1.807, 2.05) is 0 Å². The number of aromatic nitrogens is 1. The lowest BCUT2D eigenvalue weighted by Gasteiger charge is -2.05. The number of aromatic hydroxyl groups is 1. The van der Waals surface area contributed by atoms with Crippen LogP contribution in [0.2, 0.25) is 0 Å². The van der Waals surface area contributed by atoms with Crippen molar-refractivity contribution in [2.24, 2.45) is 0 Å². The standard InChI is InChI=1S/C13H12N2O3/c1-8-5-6-11(12(17)14-8)13(18)15-9-3-2-4-10(16)7-9/h2-7,16H,1H3,(H,14,17)(H,15,18). The van der Waals surface area contributed by atoms with Gasteiger partial charge in [-0.2, -0.15) is 0 Å². The fourth-order valence-corrected chi connectivity index (χ4v) is 1.53. The Hall–Kier alpha value is -2.56. The first-order valence-corrected chi connectivity index (χ1v) is 5.36. The molecule has 0 bridgehead atoms. The summed E-state index contributed by atoms with van der Waals surface area (Å²) in [7, 11) is 0. The number of nitrogens with one attached hydrogen (secondary N) is 2. The number of amides is 1. The summed E-state index contributed by atoms with van der Waals surface area (Å²) in [4.78, 5) is 26.0. The highest BCUT2D eigenvalue weighted by molar-refractivity contribution is 6.04. The van der Waals surface area contributed by atoms with Crippen LogP contribution in [-0.2, 0) is 0 Å². The van der Waals surface area contributed by atoms with Gasteiger partial charge in [0.25, 0.3) is 11.5 Å². The number of carbonyl (C=O) groups excluding carboxylic acids is 1. The number of phenolic OH excluding ortho intramolecular Hbond substituents is 1. The normalized spacial score (nSPS) is 10.1. The Morgan fingerprint density at radius 3 is 2.72 bits per heavy atom.